The molecule has 12 heavy (non-hydrogen) atoms. The predicted octanol–water partition coefficient (Wildman–Crippen LogP) is 1.60. The predicted molar refractivity (Wildman–Crippen MR) is 45.0 cm³/mol. The van der Waals surface area contributed by atoms with Crippen molar-refractivity contribution < 1.29 is 9.53 Å². The number of rotatable bonds is 2. The van der Waals surface area contributed by atoms with E-state index < -0.39 is 0 Å². The first-order valence-corrected chi connectivity index (χ1v) is 4.19. The molecule has 1 rings (SSSR count). The van der Waals surface area contributed by atoms with Gasteiger partial charge in [-0.25, -0.2) is 4.79 Å². The summed E-state index contributed by atoms with van der Waals surface area (Å²) in [6.45, 7) is 0. The summed E-state index contributed by atoms with van der Waals surface area (Å²) in [6, 6.07) is 3.75. The van der Waals surface area contributed by atoms with Crippen LogP contribution in [0.15, 0.2) is 11.4 Å². The maximum absolute atomic E-state index is 11.0. The molecule has 0 aliphatic rings. The SMILES string of the molecule is COC(=O)c1sccc1CC#N. The van der Waals surface area contributed by atoms with Crippen molar-refractivity contribution in [3.8, 4) is 6.07 Å². The molecule has 0 N–H and O–H groups in total. The Morgan fingerprint density at radius 3 is 3.17 bits per heavy atom. The van der Waals surface area contributed by atoms with Crippen LogP contribution in [0.3, 0.4) is 0 Å². The fourth-order valence-electron chi connectivity index (χ4n) is 0.832. The van der Waals surface area contributed by atoms with E-state index in [1.165, 1.54) is 18.4 Å². The lowest BCUT2D eigenvalue weighted by Gasteiger charge is -1.96. The number of hydrogen-bond donors (Lipinski definition) is 0. The van der Waals surface area contributed by atoms with E-state index >= 15 is 0 Å². The third kappa shape index (κ3) is 1.63. The van der Waals surface area contributed by atoms with Gasteiger partial charge < -0.3 is 4.74 Å². The Hall–Kier alpha value is -1.34. The van der Waals surface area contributed by atoms with Gasteiger partial charge in [0.2, 0.25) is 0 Å². The smallest absolute Gasteiger partial charge is 0.348 e. The molecule has 0 atom stereocenters. The van der Waals surface area contributed by atoms with E-state index in [4.69, 9.17) is 5.26 Å². The third-order valence-corrected chi connectivity index (χ3v) is 2.32. The second kappa shape index (κ2) is 3.88. The van der Waals surface area contributed by atoms with Gasteiger partial charge in [-0.2, -0.15) is 5.26 Å². The van der Waals surface area contributed by atoms with Gasteiger partial charge in [0, 0.05) is 0 Å². The lowest BCUT2D eigenvalue weighted by Crippen LogP contribution is -2.01. The van der Waals surface area contributed by atoms with E-state index in [9.17, 15) is 4.79 Å². The maximum Gasteiger partial charge on any atom is 0.348 e. The van der Waals surface area contributed by atoms with Crippen molar-refractivity contribution in [3.05, 3.63) is 21.9 Å². The first kappa shape index (κ1) is 8.75. The first-order chi connectivity index (χ1) is 5.79. The molecule has 1 heterocycles. The number of ether oxygens (including phenoxy) is 1. The molecule has 0 aliphatic carbocycles. The van der Waals surface area contributed by atoms with Crippen LogP contribution in [-0.2, 0) is 11.2 Å². The molecule has 1 aromatic rings. The molecule has 0 amide bonds. The van der Waals surface area contributed by atoms with Gasteiger partial charge >= 0.3 is 5.97 Å². The quantitative estimate of drug-likeness (QED) is 0.651. The Bertz CT molecular complexity index is 324. The van der Waals surface area contributed by atoms with Crippen molar-refractivity contribution in [1.29, 1.82) is 5.26 Å². The van der Waals surface area contributed by atoms with Crippen molar-refractivity contribution in [3.63, 3.8) is 0 Å². The van der Waals surface area contributed by atoms with Gasteiger partial charge in [-0.05, 0) is 17.0 Å². The van der Waals surface area contributed by atoms with Crippen LogP contribution in [0, 0.1) is 11.3 Å². The standard InChI is InChI=1S/C8H7NO2S/c1-11-8(10)7-6(2-4-9)3-5-12-7/h3,5H,2H2,1H3. The molecule has 0 radical (unpaired) electrons. The highest BCUT2D eigenvalue weighted by atomic mass is 32.1. The first-order valence-electron chi connectivity index (χ1n) is 3.31. The number of methoxy groups -OCH3 is 1. The Morgan fingerprint density at radius 1 is 1.83 bits per heavy atom. The van der Waals surface area contributed by atoms with Crippen LogP contribution < -0.4 is 0 Å². The van der Waals surface area contributed by atoms with Gasteiger partial charge in [-0.3, -0.25) is 0 Å². The summed E-state index contributed by atoms with van der Waals surface area (Å²) in [5.74, 6) is -0.366. The van der Waals surface area contributed by atoms with Crippen molar-refractivity contribution in [2.45, 2.75) is 6.42 Å². The minimum atomic E-state index is -0.366. The van der Waals surface area contributed by atoms with Gasteiger partial charge in [0.25, 0.3) is 0 Å². The molecule has 0 saturated heterocycles. The second-order valence-electron chi connectivity index (χ2n) is 2.10. The van der Waals surface area contributed by atoms with Crippen LogP contribution in [-0.4, -0.2) is 13.1 Å². The average molecular weight is 181 g/mol. The summed E-state index contributed by atoms with van der Waals surface area (Å²) in [7, 11) is 1.33. The van der Waals surface area contributed by atoms with Crippen molar-refractivity contribution in [2.24, 2.45) is 0 Å². The number of nitrogens with zero attached hydrogens (tertiary/aromatic N) is 1. The van der Waals surface area contributed by atoms with E-state index in [0.29, 0.717) is 4.88 Å². The van der Waals surface area contributed by atoms with Crippen molar-refractivity contribution in [1.82, 2.24) is 0 Å². The lowest BCUT2D eigenvalue weighted by atomic mass is 10.2. The molecular formula is C8H7NO2S. The number of carbonyl (C=O) groups is 1. The monoisotopic (exact) mass is 181 g/mol. The van der Waals surface area contributed by atoms with E-state index in [2.05, 4.69) is 4.74 Å². The van der Waals surface area contributed by atoms with Crippen LogP contribution >= 0.6 is 11.3 Å². The average Bonchev–Trinajstić information content (AvgIpc) is 2.52. The number of thiophene rings is 1. The maximum atomic E-state index is 11.0. The van der Waals surface area contributed by atoms with Crippen LogP contribution in [0.2, 0.25) is 0 Å². The summed E-state index contributed by atoms with van der Waals surface area (Å²) in [5, 5.41) is 10.2. The van der Waals surface area contributed by atoms with Crippen LogP contribution in [0.5, 0.6) is 0 Å². The number of nitriles is 1. The molecule has 4 heteroatoms. The zero-order valence-electron chi connectivity index (χ0n) is 6.53. The zero-order valence-corrected chi connectivity index (χ0v) is 7.35. The Kier molecular flexibility index (Phi) is 2.83. The van der Waals surface area contributed by atoms with E-state index in [0.717, 1.165) is 5.56 Å². The molecule has 0 aromatic carbocycles. The molecule has 0 spiro atoms. The Balaban J connectivity index is 2.92. The van der Waals surface area contributed by atoms with E-state index in [-0.39, 0.29) is 12.4 Å². The molecule has 0 saturated carbocycles. The largest absolute Gasteiger partial charge is 0.465 e. The highest BCUT2D eigenvalue weighted by Gasteiger charge is 2.12. The molecule has 1 aromatic heterocycles. The fourth-order valence-corrected chi connectivity index (χ4v) is 1.67. The van der Waals surface area contributed by atoms with E-state index in [1.54, 1.807) is 11.4 Å². The van der Waals surface area contributed by atoms with Crippen molar-refractivity contribution in [2.75, 3.05) is 7.11 Å². The lowest BCUT2D eigenvalue weighted by molar-refractivity contribution is 0.0605. The molecule has 0 aliphatic heterocycles. The molecule has 0 unspecified atom stereocenters. The fraction of sp³-hybridized carbons (Fsp3) is 0.250. The highest BCUT2D eigenvalue weighted by molar-refractivity contribution is 7.12. The summed E-state index contributed by atoms with van der Waals surface area (Å²) < 4.78 is 4.54. The topological polar surface area (TPSA) is 50.1 Å². The molecule has 3 nitrogen and oxygen atoms in total. The molecular weight excluding hydrogens is 174 g/mol. The number of hydrogen-bond acceptors (Lipinski definition) is 4. The summed E-state index contributed by atoms with van der Waals surface area (Å²) >= 11 is 1.30. The minimum Gasteiger partial charge on any atom is -0.465 e. The third-order valence-electron chi connectivity index (χ3n) is 1.39. The number of esters is 1. The molecule has 0 fully saturated rings. The van der Waals surface area contributed by atoms with E-state index in [1.807, 2.05) is 6.07 Å². The second-order valence-corrected chi connectivity index (χ2v) is 3.02. The summed E-state index contributed by atoms with van der Waals surface area (Å²) in [6.07, 6.45) is 0.258. The summed E-state index contributed by atoms with van der Waals surface area (Å²) in [5.41, 5.74) is 0.745. The van der Waals surface area contributed by atoms with Crippen molar-refractivity contribution >= 4 is 17.3 Å². The molecule has 62 valence electrons. The minimum absolute atomic E-state index is 0.258. The highest BCUT2D eigenvalue weighted by Crippen LogP contribution is 2.17. The van der Waals surface area contributed by atoms with Crippen LogP contribution in [0.1, 0.15) is 15.2 Å². The van der Waals surface area contributed by atoms with Gasteiger partial charge in [-0.1, -0.05) is 0 Å². The van der Waals surface area contributed by atoms with Gasteiger partial charge in [-0.15, -0.1) is 11.3 Å². The summed E-state index contributed by atoms with van der Waals surface area (Å²) in [4.78, 5) is 11.6. The number of carbonyl (C=O) groups excluding carboxylic acids is 1. The Labute approximate surface area is 74.2 Å². The zero-order chi connectivity index (χ0) is 8.97. The van der Waals surface area contributed by atoms with Gasteiger partial charge in [0.15, 0.2) is 0 Å². The van der Waals surface area contributed by atoms with Crippen LogP contribution in [0.25, 0.3) is 0 Å². The van der Waals surface area contributed by atoms with Gasteiger partial charge in [0.05, 0.1) is 19.6 Å². The van der Waals surface area contributed by atoms with Crippen LogP contribution in [0.4, 0.5) is 0 Å². The van der Waals surface area contributed by atoms with Gasteiger partial charge in [0.1, 0.15) is 4.88 Å². The normalized spacial score (nSPS) is 9.00. The Morgan fingerprint density at radius 2 is 2.58 bits per heavy atom. The molecule has 0 bridgehead atoms.